The smallest absolute Gasteiger partial charge is 0.279 e. The Morgan fingerprint density at radius 3 is 2.73 bits per heavy atom. The molecule has 0 unspecified atom stereocenters. The summed E-state index contributed by atoms with van der Waals surface area (Å²) >= 11 is 0. The van der Waals surface area contributed by atoms with E-state index in [0.29, 0.717) is 38.4 Å². The van der Waals surface area contributed by atoms with E-state index in [0.717, 1.165) is 4.90 Å². The molecule has 0 aromatic heterocycles. The van der Waals surface area contributed by atoms with Gasteiger partial charge in [0.1, 0.15) is 12.4 Å². The van der Waals surface area contributed by atoms with Crippen molar-refractivity contribution in [1.29, 1.82) is 0 Å². The SMILES string of the molecule is COCC(=O)N1CC[NH+](CC(=O)Nc2cccc(F)c2)CC1. The van der Waals surface area contributed by atoms with Crippen molar-refractivity contribution >= 4 is 17.5 Å². The lowest BCUT2D eigenvalue weighted by Crippen LogP contribution is -3.15. The van der Waals surface area contributed by atoms with E-state index in [1.807, 2.05) is 0 Å². The molecule has 0 radical (unpaired) electrons. The Balaban J connectivity index is 1.76. The predicted molar refractivity (Wildman–Crippen MR) is 79.0 cm³/mol. The lowest BCUT2D eigenvalue weighted by Gasteiger charge is -2.31. The first-order chi connectivity index (χ1) is 10.6. The summed E-state index contributed by atoms with van der Waals surface area (Å²) in [4.78, 5) is 26.5. The highest BCUT2D eigenvalue weighted by Gasteiger charge is 2.24. The molecule has 1 heterocycles. The van der Waals surface area contributed by atoms with Gasteiger partial charge in [0.15, 0.2) is 6.54 Å². The number of amides is 2. The predicted octanol–water partition coefficient (Wildman–Crippen LogP) is -0.862. The Morgan fingerprint density at radius 2 is 2.09 bits per heavy atom. The van der Waals surface area contributed by atoms with Crippen molar-refractivity contribution in [2.24, 2.45) is 0 Å². The first kappa shape index (κ1) is 16.4. The van der Waals surface area contributed by atoms with Gasteiger partial charge in [0, 0.05) is 12.8 Å². The maximum absolute atomic E-state index is 13.1. The molecule has 1 aliphatic rings. The average Bonchev–Trinajstić information content (AvgIpc) is 2.48. The minimum atomic E-state index is -0.379. The molecule has 7 heteroatoms. The third-order valence-electron chi connectivity index (χ3n) is 3.61. The molecule has 1 aromatic rings. The monoisotopic (exact) mass is 310 g/mol. The maximum Gasteiger partial charge on any atom is 0.279 e. The van der Waals surface area contributed by atoms with Crippen LogP contribution in [-0.2, 0) is 14.3 Å². The number of anilines is 1. The molecule has 0 aliphatic carbocycles. The molecular formula is C15H21FN3O3+. The topological polar surface area (TPSA) is 63.1 Å². The van der Waals surface area contributed by atoms with Crippen LogP contribution in [0, 0.1) is 5.82 Å². The number of ether oxygens (including phenoxy) is 1. The number of carbonyl (C=O) groups is 2. The van der Waals surface area contributed by atoms with Gasteiger partial charge in [-0.25, -0.2) is 4.39 Å². The van der Waals surface area contributed by atoms with Gasteiger partial charge >= 0.3 is 0 Å². The maximum atomic E-state index is 13.1. The van der Waals surface area contributed by atoms with Crippen molar-refractivity contribution in [2.75, 3.05) is 51.8 Å². The van der Waals surface area contributed by atoms with Gasteiger partial charge in [0.05, 0.1) is 26.2 Å². The third-order valence-corrected chi connectivity index (χ3v) is 3.61. The molecule has 0 atom stereocenters. The van der Waals surface area contributed by atoms with E-state index in [9.17, 15) is 14.0 Å². The molecule has 0 bridgehead atoms. The van der Waals surface area contributed by atoms with Crippen LogP contribution in [0.4, 0.5) is 10.1 Å². The van der Waals surface area contributed by atoms with Gasteiger partial charge < -0.3 is 19.9 Å². The Morgan fingerprint density at radius 1 is 1.36 bits per heavy atom. The van der Waals surface area contributed by atoms with E-state index >= 15 is 0 Å². The molecule has 6 nitrogen and oxygen atoms in total. The number of rotatable bonds is 5. The second kappa shape index (κ2) is 7.86. The summed E-state index contributed by atoms with van der Waals surface area (Å²) in [5, 5.41) is 2.68. The van der Waals surface area contributed by atoms with Crippen molar-refractivity contribution < 1.29 is 23.6 Å². The van der Waals surface area contributed by atoms with E-state index in [1.54, 1.807) is 17.0 Å². The van der Waals surface area contributed by atoms with Crippen LogP contribution >= 0.6 is 0 Å². The molecule has 120 valence electrons. The van der Waals surface area contributed by atoms with Crippen molar-refractivity contribution in [3.8, 4) is 0 Å². The molecule has 1 fully saturated rings. The first-order valence-corrected chi connectivity index (χ1v) is 7.24. The summed E-state index contributed by atoms with van der Waals surface area (Å²) < 4.78 is 17.9. The quantitative estimate of drug-likeness (QED) is 0.744. The highest BCUT2D eigenvalue weighted by Crippen LogP contribution is 2.08. The Hall–Kier alpha value is -1.99. The van der Waals surface area contributed by atoms with E-state index in [-0.39, 0.29) is 24.2 Å². The molecule has 1 aromatic carbocycles. The molecule has 1 saturated heterocycles. The van der Waals surface area contributed by atoms with Crippen LogP contribution in [0.25, 0.3) is 0 Å². The average molecular weight is 310 g/mol. The fraction of sp³-hybridized carbons (Fsp3) is 0.467. The van der Waals surface area contributed by atoms with Crippen LogP contribution < -0.4 is 10.2 Å². The van der Waals surface area contributed by atoms with Gasteiger partial charge in [0.2, 0.25) is 5.91 Å². The van der Waals surface area contributed by atoms with Gasteiger partial charge in [-0.15, -0.1) is 0 Å². The van der Waals surface area contributed by atoms with E-state index in [4.69, 9.17) is 4.74 Å². The fourth-order valence-corrected chi connectivity index (χ4v) is 2.46. The summed E-state index contributed by atoms with van der Waals surface area (Å²) in [7, 11) is 1.50. The minimum Gasteiger partial charge on any atom is -0.375 e. The number of carbonyl (C=O) groups excluding carboxylic acids is 2. The van der Waals surface area contributed by atoms with Crippen LogP contribution in [0.2, 0.25) is 0 Å². The van der Waals surface area contributed by atoms with Crippen molar-refractivity contribution in [1.82, 2.24) is 4.90 Å². The molecule has 22 heavy (non-hydrogen) atoms. The van der Waals surface area contributed by atoms with Gasteiger partial charge in [-0.05, 0) is 18.2 Å². The molecule has 2 amide bonds. The zero-order valence-corrected chi connectivity index (χ0v) is 12.6. The molecule has 0 spiro atoms. The second-order valence-electron chi connectivity index (χ2n) is 5.30. The highest BCUT2D eigenvalue weighted by molar-refractivity contribution is 5.91. The first-order valence-electron chi connectivity index (χ1n) is 7.24. The summed E-state index contributed by atoms with van der Waals surface area (Å²) in [6, 6.07) is 5.82. The van der Waals surface area contributed by atoms with Crippen LogP contribution in [0.15, 0.2) is 24.3 Å². The van der Waals surface area contributed by atoms with E-state index < -0.39 is 0 Å². The Bertz CT molecular complexity index is 531. The van der Waals surface area contributed by atoms with Crippen LogP contribution in [-0.4, -0.2) is 63.2 Å². The number of hydrogen-bond donors (Lipinski definition) is 2. The Kier molecular flexibility index (Phi) is 5.85. The van der Waals surface area contributed by atoms with Gasteiger partial charge in [0.25, 0.3) is 5.91 Å². The molecule has 0 saturated carbocycles. The lowest BCUT2D eigenvalue weighted by molar-refractivity contribution is -0.895. The van der Waals surface area contributed by atoms with Crippen LogP contribution in [0.5, 0.6) is 0 Å². The lowest BCUT2D eigenvalue weighted by atomic mass is 10.3. The van der Waals surface area contributed by atoms with E-state index in [2.05, 4.69) is 5.32 Å². The molecule has 2 rings (SSSR count). The molecule has 2 N–H and O–H groups in total. The Labute approximate surface area is 128 Å². The number of piperazine rings is 1. The van der Waals surface area contributed by atoms with Crippen LogP contribution in [0.3, 0.4) is 0 Å². The normalized spacial score (nSPS) is 15.6. The standard InChI is InChI=1S/C15H20FN3O3/c1-22-11-15(21)19-7-5-18(6-8-19)10-14(20)17-13-4-2-3-12(16)9-13/h2-4,9H,5-8,10-11H2,1H3,(H,17,20)/p+1. The number of quaternary nitrogens is 1. The van der Waals surface area contributed by atoms with Crippen molar-refractivity contribution in [3.63, 3.8) is 0 Å². The zero-order valence-electron chi connectivity index (χ0n) is 12.6. The number of halogens is 1. The summed E-state index contributed by atoms with van der Waals surface area (Å²) in [6.45, 7) is 3.06. The van der Waals surface area contributed by atoms with Crippen molar-refractivity contribution in [2.45, 2.75) is 0 Å². The zero-order chi connectivity index (χ0) is 15.9. The largest absolute Gasteiger partial charge is 0.375 e. The van der Waals surface area contributed by atoms with Gasteiger partial charge in [-0.3, -0.25) is 9.59 Å². The van der Waals surface area contributed by atoms with Gasteiger partial charge in [-0.2, -0.15) is 0 Å². The third kappa shape index (κ3) is 4.78. The number of nitrogens with one attached hydrogen (secondary N) is 2. The minimum absolute atomic E-state index is 0.0224. The van der Waals surface area contributed by atoms with Gasteiger partial charge in [-0.1, -0.05) is 6.07 Å². The highest BCUT2D eigenvalue weighted by atomic mass is 19.1. The summed E-state index contributed by atoms with van der Waals surface area (Å²) in [6.07, 6.45) is 0. The number of hydrogen-bond acceptors (Lipinski definition) is 3. The number of nitrogens with zero attached hydrogens (tertiary/aromatic N) is 1. The fourth-order valence-electron chi connectivity index (χ4n) is 2.46. The second-order valence-corrected chi connectivity index (χ2v) is 5.30. The summed E-state index contributed by atoms with van der Waals surface area (Å²) in [5.41, 5.74) is 0.457. The van der Waals surface area contributed by atoms with Crippen LogP contribution in [0.1, 0.15) is 0 Å². The summed E-state index contributed by atoms with van der Waals surface area (Å²) in [5.74, 6) is -0.557. The number of methoxy groups -OCH3 is 1. The number of benzene rings is 1. The molecule has 1 aliphatic heterocycles. The van der Waals surface area contributed by atoms with E-state index in [1.165, 1.54) is 19.2 Å². The molecular weight excluding hydrogens is 289 g/mol. The van der Waals surface area contributed by atoms with Crippen molar-refractivity contribution in [3.05, 3.63) is 30.1 Å².